The Hall–Kier alpha value is -3.17. The predicted octanol–water partition coefficient (Wildman–Crippen LogP) is 2.26. The van der Waals surface area contributed by atoms with E-state index >= 15 is 0 Å². The molecule has 1 aliphatic rings. The fourth-order valence-corrected chi connectivity index (χ4v) is 3.12. The van der Waals surface area contributed by atoms with Crippen LogP contribution in [0.3, 0.4) is 0 Å². The van der Waals surface area contributed by atoms with E-state index in [1.807, 2.05) is 0 Å². The van der Waals surface area contributed by atoms with Gasteiger partial charge in [-0.25, -0.2) is 9.59 Å². The molecule has 29 heavy (non-hydrogen) atoms. The Labute approximate surface area is 168 Å². The van der Waals surface area contributed by atoms with Crippen LogP contribution in [-0.2, 0) is 14.3 Å². The van der Waals surface area contributed by atoms with Gasteiger partial charge in [-0.05, 0) is 30.4 Å². The first-order valence-electron chi connectivity index (χ1n) is 9.15. The van der Waals surface area contributed by atoms with E-state index in [1.54, 1.807) is 20.8 Å². The number of non-ortho nitro benzene ring substituents is 1. The van der Waals surface area contributed by atoms with Gasteiger partial charge in [0.15, 0.2) is 0 Å². The highest BCUT2D eigenvalue weighted by molar-refractivity contribution is 5.91. The Morgan fingerprint density at radius 2 is 1.86 bits per heavy atom. The molecule has 10 heteroatoms. The summed E-state index contributed by atoms with van der Waals surface area (Å²) in [6.45, 7) is 5.74. The molecule has 0 aromatic heterocycles. The van der Waals surface area contributed by atoms with Crippen molar-refractivity contribution >= 4 is 23.7 Å². The summed E-state index contributed by atoms with van der Waals surface area (Å²) in [5.41, 5.74) is -0.794. The van der Waals surface area contributed by atoms with Gasteiger partial charge in [0.2, 0.25) is 5.91 Å². The molecule has 1 aliphatic heterocycles. The summed E-state index contributed by atoms with van der Waals surface area (Å²) in [4.78, 5) is 49.0. The predicted molar refractivity (Wildman–Crippen MR) is 102 cm³/mol. The third-order valence-corrected chi connectivity index (χ3v) is 4.64. The zero-order valence-corrected chi connectivity index (χ0v) is 16.8. The number of hydrogen-bond acceptors (Lipinski definition) is 7. The minimum Gasteiger partial charge on any atom is -0.467 e. The van der Waals surface area contributed by atoms with Crippen molar-refractivity contribution < 1.29 is 28.8 Å². The van der Waals surface area contributed by atoms with Crippen LogP contribution in [-0.4, -0.2) is 53.5 Å². The van der Waals surface area contributed by atoms with E-state index in [0.717, 1.165) is 0 Å². The van der Waals surface area contributed by atoms with Gasteiger partial charge in [0.1, 0.15) is 17.8 Å². The van der Waals surface area contributed by atoms with Crippen molar-refractivity contribution in [2.24, 2.45) is 5.41 Å². The fraction of sp³-hybridized carbons (Fsp3) is 0.526. The Bertz CT molecular complexity index is 786. The Balaban J connectivity index is 2.12. The zero-order valence-electron chi connectivity index (χ0n) is 16.8. The van der Waals surface area contributed by atoms with E-state index in [4.69, 9.17) is 9.47 Å². The number of carbonyl (C=O) groups is 3. The van der Waals surface area contributed by atoms with Crippen LogP contribution in [0.4, 0.5) is 10.5 Å². The number of nitro benzene ring substituents is 1. The molecule has 1 aromatic carbocycles. The van der Waals surface area contributed by atoms with Gasteiger partial charge in [0.05, 0.1) is 12.0 Å². The van der Waals surface area contributed by atoms with Crippen molar-refractivity contribution in [3.63, 3.8) is 0 Å². The van der Waals surface area contributed by atoms with Crippen molar-refractivity contribution in [3.8, 4) is 5.75 Å². The highest BCUT2D eigenvalue weighted by atomic mass is 16.6. The van der Waals surface area contributed by atoms with Crippen molar-refractivity contribution in [1.82, 2.24) is 10.2 Å². The Morgan fingerprint density at radius 1 is 1.24 bits per heavy atom. The number of hydrogen-bond donors (Lipinski definition) is 1. The molecule has 2 atom stereocenters. The van der Waals surface area contributed by atoms with Crippen LogP contribution in [0.1, 0.15) is 33.6 Å². The number of carbonyl (C=O) groups excluding carboxylic acids is 3. The number of benzene rings is 1. The minimum atomic E-state index is -0.946. The molecule has 0 saturated carbocycles. The molecular weight excluding hydrogens is 382 g/mol. The van der Waals surface area contributed by atoms with Crippen molar-refractivity contribution in [3.05, 3.63) is 34.4 Å². The lowest BCUT2D eigenvalue weighted by Crippen LogP contribution is -2.57. The third kappa shape index (κ3) is 5.43. The molecule has 2 rings (SSSR count). The largest absolute Gasteiger partial charge is 0.467 e. The summed E-state index contributed by atoms with van der Waals surface area (Å²) in [6.07, 6.45) is 0.291. The molecule has 0 unspecified atom stereocenters. The first-order chi connectivity index (χ1) is 13.5. The molecule has 158 valence electrons. The van der Waals surface area contributed by atoms with Crippen LogP contribution in [0.25, 0.3) is 0 Å². The number of amides is 2. The minimum absolute atomic E-state index is 0.0989. The quantitative estimate of drug-likeness (QED) is 0.450. The molecule has 2 amide bonds. The van der Waals surface area contributed by atoms with Crippen LogP contribution in [0, 0.1) is 15.5 Å². The van der Waals surface area contributed by atoms with Crippen LogP contribution in [0.2, 0.25) is 0 Å². The van der Waals surface area contributed by atoms with E-state index in [1.165, 1.54) is 36.3 Å². The van der Waals surface area contributed by atoms with Crippen LogP contribution in [0.5, 0.6) is 5.75 Å². The number of nitrogens with zero attached hydrogens (tertiary/aromatic N) is 2. The zero-order chi connectivity index (χ0) is 21.8. The number of rotatable bonds is 5. The topological polar surface area (TPSA) is 128 Å². The molecule has 0 bridgehead atoms. The SMILES string of the molecule is COC(=O)[C@@H]1CCCN1C(=O)[C@@H](NC(=O)Oc1ccc([N+](=O)[O-])cc1)C(C)(C)C. The average molecular weight is 407 g/mol. The van der Waals surface area contributed by atoms with Gasteiger partial charge in [-0.3, -0.25) is 14.9 Å². The van der Waals surface area contributed by atoms with Crippen LogP contribution in [0.15, 0.2) is 24.3 Å². The second-order valence-electron chi connectivity index (χ2n) is 7.80. The van der Waals surface area contributed by atoms with Gasteiger partial charge in [-0.1, -0.05) is 20.8 Å². The summed E-state index contributed by atoms with van der Waals surface area (Å²) < 4.78 is 9.92. The molecular formula is C19H25N3O7. The standard InChI is InChI=1S/C19H25N3O7/c1-19(2,3)15(16(23)21-11-5-6-14(21)17(24)28-4)20-18(25)29-13-9-7-12(8-10-13)22(26)27/h7-10,14-15H,5-6,11H2,1-4H3,(H,20,25)/t14-,15+/m0/s1. The second-order valence-corrected chi connectivity index (χ2v) is 7.80. The van der Waals surface area contributed by atoms with E-state index in [-0.39, 0.29) is 11.4 Å². The lowest BCUT2D eigenvalue weighted by molar-refractivity contribution is -0.384. The maximum atomic E-state index is 13.1. The lowest BCUT2D eigenvalue weighted by Gasteiger charge is -2.34. The molecule has 0 radical (unpaired) electrons. The normalized spacial score (nSPS) is 17.4. The average Bonchev–Trinajstić information content (AvgIpc) is 3.14. The number of nitrogens with one attached hydrogen (secondary N) is 1. The monoisotopic (exact) mass is 407 g/mol. The maximum absolute atomic E-state index is 13.1. The highest BCUT2D eigenvalue weighted by Gasteiger charge is 2.42. The first-order valence-corrected chi connectivity index (χ1v) is 9.15. The number of nitro groups is 1. The van der Waals surface area contributed by atoms with Crippen LogP contribution < -0.4 is 10.1 Å². The first kappa shape index (κ1) is 22.1. The molecule has 1 heterocycles. The van der Waals surface area contributed by atoms with Gasteiger partial charge in [-0.15, -0.1) is 0 Å². The summed E-state index contributed by atoms with van der Waals surface area (Å²) in [5, 5.41) is 13.3. The van der Waals surface area contributed by atoms with Gasteiger partial charge in [0, 0.05) is 18.7 Å². The second kappa shape index (κ2) is 8.89. The lowest BCUT2D eigenvalue weighted by atomic mass is 9.85. The van der Waals surface area contributed by atoms with Gasteiger partial charge >= 0.3 is 12.1 Å². The van der Waals surface area contributed by atoms with Gasteiger partial charge < -0.3 is 19.7 Å². The fourth-order valence-electron chi connectivity index (χ4n) is 3.12. The van der Waals surface area contributed by atoms with E-state index in [0.29, 0.717) is 19.4 Å². The number of ether oxygens (including phenoxy) is 2. The Morgan fingerprint density at radius 3 is 2.38 bits per heavy atom. The van der Waals surface area contributed by atoms with E-state index in [9.17, 15) is 24.5 Å². The number of methoxy groups -OCH3 is 1. The summed E-state index contributed by atoms with van der Waals surface area (Å²) in [7, 11) is 1.27. The molecule has 0 spiro atoms. The van der Waals surface area contributed by atoms with Crippen LogP contribution >= 0.6 is 0 Å². The Kier molecular flexibility index (Phi) is 6.78. The molecule has 1 N–H and O–H groups in total. The molecule has 10 nitrogen and oxygen atoms in total. The number of esters is 1. The third-order valence-electron chi connectivity index (χ3n) is 4.64. The van der Waals surface area contributed by atoms with Gasteiger partial charge in [0.25, 0.3) is 5.69 Å². The molecule has 0 aliphatic carbocycles. The van der Waals surface area contributed by atoms with E-state index < -0.39 is 40.4 Å². The van der Waals surface area contributed by atoms with E-state index in [2.05, 4.69) is 5.32 Å². The smallest absolute Gasteiger partial charge is 0.413 e. The maximum Gasteiger partial charge on any atom is 0.413 e. The van der Waals surface area contributed by atoms with Crippen molar-refractivity contribution in [2.45, 2.75) is 45.7 Å². The molecule has 1 aromatic rings. The molecule has 1 fully saturated rings. The summed E-state index contributed by atoms with van der Waals surface area (Å²) >= 11 is 0. The van der Waals surface area contributed by atoms with Crippen molar-refractivity contribution in [2.75, 3.05) is 13.7 Å². The van der Waals surface area contributed by atoms with Gasteiger partial charge in [-0.2, -0.15) is 0 Å². The molecule has 1 saturated heterocycles. The summed E-state index contributed by atoms with van der Waals surface area (Å²) in [5.74, 6) is -0.787. The van der Waals surface area contributed by atoms with Crippen molar-refractivity contribution in [1.29, 1.82) is 0 Å². The number of likely N-dealkylation sites (tertiary alicyclic amines) is 1. The summed E-state index contributed by atoms with van der Waals surface area (Å²) in [6, 6.07) is 3.38. The highest BCUT2D eigenvalue weighted by Crippen LogP contribution is 2.26.